The molecule has 1 aliphatic carbocycles. The molecule has 0 atom stereocenters. The van der Waals surface area contributed by atoms with Gasteiger partial charge in [0.05, 0.1) is 20.5 Å². The molecule has 8 heteroatoms. The highest BCUT2D eigenvalue weighted by Gasteiger charge is 2.34. The molecule has 0 amide bonds. The third-order valence-electron chi connectivity index (χ3n) is 4.19. The highest BCUT2D eigenvalue weighted by molar-refractivity contribution is 7.31. The first kappa shape index (κ1) is 17.3. The number of carbonyl (C=O) groups excluding carboxylic acids is 2. The summed E-state index contributed by atoms with van der Waals surface area (Å²) in [6, 6.07) is 7.03. The molecule has 0 N–H and O–H groups in total. The van der Waals surface area contributed by atoms with Crippen molar-refractivity contribution in [1.82, 2.24) is 4.98 Å². The van der Waals surface area contributed by atoms with E-state index in [1.807, 2.05) is 11.4 Å². The maximum Gasteiger partial charge on any atom is 0.197 e. The van der Waals surface area contributed by atoms with Gasteiger partial charge < -0.3 is 0 Å². The molecule has 0 radical (unpaired) electrons. The number of carbonyl (C=O) groups is 2. The molecule has 3 nitrogen and oxygen atoms in total. The quantitative estimate of drug-likeness (QED) is 0.249. The Kier molecular flexibility index (Phi) is 4.07. The van der Waals surface area contributed by atoms with Crippen molar-refractivity contribution in [1.29, 1.82) is 0 Å². The molecule has 3 heterocycles. The van der Waals surface area contributed by atoms with Crippen LogP contribution in [0.1, 0.15) is 25.6 Å². The van der Waals surface area contributed by atoms with Crippen LogP contribution in [-0.4, -0.2) is 16.6 Å². The molecule has 0 bridgehead atoms. The van der Waals surface area contributed by atoms with E-state index in [4.69, 9.17) is 23.2 Å². The van der Waals surface area contributed by atoms with Crippen molar-refractivity contribution in [2.75, 3.05) is 0 Å². The second-order valence-electron chi connectivity index (χ2n) is 5.85. The van der Waals surface area contributed by atoms with Crippen LogP contribution >= 0.6 is 57.2 Å². The molecule has 0 saturated heterocycles. The molecule has 1 aliphatic rings. The molecule has 4 aromatic rings. The number of rotatable bonds is 2. The Morgan fingerprint density at radius 1 is 0.889 bits per heavy atom. The first-order valence-electron chi connectivity index (χ1n) is 7.74. The summed E-state index contributed by atoms with van der Waals surface area (Å²) in [5.41, 5.74) is 0.771. The Bertz CT molecular complexity index is 1210. The normalized spacial score (nSPS) is 13.6. The number of thiophene rings is 2. The smallest absolute Gasteiger partial charge is 0.197 e. The van der Waals surface area contributed by atoms with E-state index in [2.05, 4.69) is 11.1 Å². The van der Waals surface area contributed by atoms with Crippen LogP contribution in [0.15, 0.2) is 41.4 Å². The van der Waals surface area contributed by atoms with Gasteiger partial charge in [0.15, 0.2) is 11.6 Å². The zero-order chi connectivity index (χ0) is 18.7. The lowest BCUT2D eigenvalue weighted by atomic mass is 10.1. The second kappa shape index (κ2) is 6.36. The summed E-state index contributed by atoms with van der Waals surface area (Å²) in [7, 11) is 0. The molecule has 0 spiro atoms. The van der Waals surface area contributed by atoms with E-state index in [0.717, 1.165) is 24.2 Å². The van der Waals surface area contributed by atoms with E-state index < -0.39 is 0 Å². The van der Waals surface area contributed by atoms with Crippen molar-refractivity contribution in [3.8, 4) is 9.88 Å². The summed E-state index contributed by atoms with van der Waals surface area (Å²) in [5, 5.41) is 3.48. The molecule has 132 valence electrons. The zero-order valence-corrected chi connectivity index (χ0v) is 17.2. The SMILES string of the molecule is O=C1C(=Cc2cc3sc(-c4nccs4)cc3s2)C(=O)c2cc(Cl)c(Cl)cc21. The topological polar surface area (TPSA) is 47.0 Å². The van der Waals surface area contributed by atoms with Crippen LogP contribution in [0.2, 0.25) is 10.0 Å². The second-order valence-corrected chi connectivity index (χ2v) is 9.76. The maximum atomic E-state index is 12.6. The minimum absolute atomic E-state index is 0.150. The molecule has 5 rings (SSSR count). The van der Waals surface area contributed by atoms with Gasteiger partial charge in [0, 0.05) is 37.0 Å². The summed E-state index contributed by atoms with van der Waals surface area (Å²) < 4.78 is 2.22. The molecule has 1 aromatic carbocycles. The van der Waals surface area contributed by atoms with Gasteiger partial charge in [0.1, 0.15) is 5.01 Å². The first-order chi connectivity index (χ1) is 13.0. The number of nitrogens with zero attached hydrogens (tertiary/aromatic N) is 1. The minimum Gasteiger partial charge on any atom is -0.288 e. The largest absolute Gasteiger partial charge is 0.288 e. The maximum absolute atomic E-state index is 12.6. The van der Waals surface area contributed by atoms with Crippen molar-refractivity contribution in [3.63, 3.8) is 0 Å². The molecule has 0 fully saturated rings. The standard InChI is InChI=1S/C19H7Cl2NO2S3/c20-12-5-9-10(6-13(12)21)18(24)11(17(9)23)3-8-4-14-15(26-8)7-16(27-14)19-22-1-2-25-19/h1-7H. The highest BCUT2D eigenvalue weighted by atomic mass is 35.5. The number of fused-ring (bicyclic) bond motifs is 2. The predicted molar refractivity (Wildman–Crippen MR) is 114 cm³/mol. The Hall–Kier alpha value is -1.83. The van der Waals surface area contributed by atoms with Crippen LogP contribution in [0.5, 0.6) is 0 Å². The van der Waals surface area contributed by atoms with Crippen molar-refractivity contribution in [3.05, 3.63) is 67.5 Å². The fourth-order valence-electron chi connectivity index (χ4n) is 2.97. The minimum atomic E-state index is -0.311. The summed E-state index contributed by atoms with van der Waals surface area (Å²) in [4.78, 5) is 31.6. The van der Waals surface area contributed by atoms with Crippen LogP contribution in [-0.2, 0) is 0 Å². The number of hydrogen-bond acceptors (Lipinski definition) is 6. The molecular formula is C19H7Cl2NO2S3. The van der Waals surface area contributed by atoms with Crippen LogP contribution in [0.4, 0.5) is 0 Å². The fraction of sp³-hybridized carbons (Fsp3) is 0. The van der Waals surface area contributed by atoms with Gasteiger partial charge in [0.25, 0.3) is 0 Å². The lowest BCUT2D eigenvalue weighted by Crippen LogP contribution is -1.99. The van der Waals surface area contributed by atoms with E-state index in [0.29, 0.717) is 11.1 Å². The number of allylic oxidation sites excluding steroid dienone is 1. The van der Waals surface area contributed by atoms with E-state index in [9.17, 15) is 9.59 Å². The number of Topliss-reactive ketones (excluding diaryl/α,β-unsaturated/α-hetero) is 2. The van der Waals surface area contributed by atoms with Crippen molar-refractivity contribution >= 4 is 84.3 Å². The van der Waals surface area contributed by atoms with Crippen molar-refractivity contribution in [2.45, 2.75) is 0 Å². The Morgan fingerprint density at radius 2 is 1.56 bits per heavy atom. The molecule has 0 aliphatic heterocycles. The van der Waals surface area contributed by atoms with Crippen molar-refractivity contribution < 1.29 is 9.59 Å². The molecular weight excluding hydrogens is 441 g/mol. The highest BCUT2D eigenvalue weighted by Crippen LogP contribution is 2.40. The number of aromatic nitrogens is 1. The van der Waals surface area contributed by atoms with E-state index in [-0.39, 0.29) is 27.2 Å². The monoisotopic (exact) mass is 447 g/mol. The Morgan fingerprint density at radius 3 is 2.15 bits per heavy atom. The van der Waals surface area contributed by atoms with Crippen LogP contribution in [0.3, 0.4) is 0 Å². The van der Waals surface area contributed by atoms with Gasteiger partial charge in [-0.25, -0.2) is 4.98 Å². The molecule has 0 unspecified atom stereocenters. The predicted octanol–water partition coefficient (Wildman–Crippen LogP) is 6.86. The molecule has 27 heavy (non-hydrogen) atoms. The zero-order valence-electron chi connectivity index (χ0n) is 13.3. The van der Waals surface area contributed by atoms with Crippen LogP contribution in [0.25, 0.3) is 25.4 Å². The summed E-state index contributed by atoms with van der Waals surface area (Å²) in [5.74, 6) is -0.623. The van der Waals surface area contributed by atoms with Gasteiger partial charge in [-0.05, 0) is 30.3 Å². The molecule has 3 aromatic heterocycles. The van der Waals surface area contributed by atoms with Gasteiger partial charge in [-0.2, -0.15) is 0 Å². The summed E-state index contributed by atoms with van der Waals surface area (Å²) in [6.07, 6.45) is 3.45. The van der Waals surface area contributed by atoms with Gasteiger partial charge in [-0.3, -0.25) is 9.59 Å². The average molecular weight is 448 g/mol. The van der Waals surface area contributed by atoms with E-state index >= 15 is 0 Å². The van der Waals surface area contributed by atoms with Gasteiger partial charge in [-0.1, -0.05) is 23.2 Å². The van der Waals surface area contributed by atoms with E-state index in [1.54, 1.807) is 46.3 Å². The number of thiazole rings is 1. The van der Waals surface area contributed by atoms with Crippen LogP contribution in [0, 0.1) is 0 Å². The fourth-order valence-corrected chi connectivity index (χ4v) is 6.35. The number of ketones is 2. The molecule has 0 saturated carbocycles. The number of halogens is 2. The summed E-state index contributed by atoms with van der Waals surface area (Å²) in [6.45, 7) is 0. The third kappa shape index (κ3) is 2.80. The number of hydrogen-bond donors (Lipinski definition) is 0. The van der Waals surface area contributed by atoms with Gasteiger partial charge >= 0.3 is 0 Å². The lowest BCUT2D eigenvalue weighted by molar-refractivity contribution is 0.0990. The lowest BCUT2D eigenvalue weighted by Gasteiger charge is -1.98. The first-order valence-corrected chi connectivity index (χ1v) is 11.0. The van der Waals surface area contributed by atoms with Crippen molar-refractivity contribution in [2.24, 2.45) is 0 Å². The Labute approximate surface area is 175 Å². The van der Waals surface area contributed by atoms with Crippen LogP contribution < -0.4 is 0 Å². The van der Waals surface area contributed by atoms with E-state index in [1.165, 1.54) is 12.1 Å². The van der Waals surface area contributed by atoms with Gasteiger partial charge in [0.2, 0.25) is 0 Å². The van der Waals surface area contributed by atoms with Gasteiger partial charge in [-0.15, -0.1) is 34.0 Å². The average Bonchev–Trinajstić information content (AvgIpc) is 3.38. The third-order valence-corrected chi connectivity index (χ3v) is 8.10. The number of benzene rings is 1. The Balaban J connectivity index is 1.54. The summed E-state index contributed by atoms with van der Waals surface area (Å²) >= 11 is 16.8.